The molecule has 3 rings (SSSR count). The van der Waals surface area contributed by atoms with Gasteiger partial charge in [0.25, 0.3) is 0 Å². The minimum absolute atomic E-state index is 0.0249. The van der Waals surface area contributed by atoms with Crippen LogP contribution in [0.3, 0.4) is 0 Å². The van der Waals surface area contributed by atoms with Crippen LogP contribution in [0, 0.1) is 11.3 Å². The average Bonchev–Trinajstić information content (AvgIpc) is 2.47. The second-order valence-electron chi connectivity index (χ2n) is 7.22. The summed E-state index contributed by atoms with van der Waals surface area (Å²) in [7, 11) is 0. The number of benzene rings is 1. The highest BCUT2D eigenvalue weighted by Crippen LogP contribution is 2.48. The molecule has 1 N–H and O–H groups in total. The van der Waals surface area contributed by atoms with Crippen molar-refractivity contribution in [3.05, 3.63) is 35.9 Å². The van der Waals surface area contributed by atoms with Gasteiger partial charge in [0.1, 0.15) is 6.54 Å². The zero-order valence-electron chi connectivity index (χ0n) is 12.9. The number of carboxylic acids is 1. The van der Waals surface area contributed by atoms with Gasteiger partial charge in [-0.3, -0.25) is 4.79 Å². The standard InChI is InChI=1S/C18H25NO2/c1-15(17(20)21)18-9-5-11-19(14-18,12-6-10-18)13-16-7-3-2-4-8-16/h2-4,7-8,15H,5-6,9-14H2,1H3/p+1. The van der Waals surface area contributed by atoms with Crippen LogP contribution in [0.1, 0.15) is 38.2 Å². The molecule has 0 aliphatic carbocycles. The van der Waals surface area contributed by atoms with Gasteiger partial charge in [-0.15, -0.1) is 0 Å². The monoisotopic (exact) mass is 288 g/mol. The number of hydrogen-bond donors (Lipinski definition) is 1. The van der Waals surface area contributed by atoms with E-state index >= 15 is 0 Å². The second kappa shape index (κ2) is 5.45. The van der Waals surface area contributed by atoms with E-state index in [1.54, 1.807) is 0 Å². The van der Waals surface area contributed by atoms with Crippen molar-refractivity contribution in [2.75, 3.05) is 19.6 Å². The van der Waals surface area contributed by atoms with Gasteiger partial charge in [0.15, 0.2) is 0 Å². The first-order valence-electron chi connectivity index (χ1n) is 8.17. The molecular formula is C18H26NO2+. The quantitative estimate of drug-likeness (QED) is 0.863. The van der Waals surface area contributed by atoms with E-state index in [0.717, 1.165) is 30.4 Å². The molecule has 2 bridgehead atoms. The lowest BCUT2D eigenvalue weighted by molar-refractivity contribution is -0.958. The summed E-state index contributed by atoms with van der Waals surface area (Å²) in [6.45, 7) is 6.46. The number of rotatable bonds is 4. The molecule has 2 heterocycles. The highest BCUT2D eigenvalue weighted by Gasteiger charge is 2.52. The van der Waals surface area contributed by atoms with Gasteiger partial charge in [0, 0.05) is 11.0 Å². The third-order valence-electron chi connectivity index (χ3n) is 5.91. The predicted molar refractivity (Wildman–Crippen MR) is 82.7 cm³/mol. The molecule has 3 heteroatoms. The fourth-order valence-corrected chi connectivity index (χ4v) is 4.77. The normalized spacial score (nSPS) is 33.4. The maximum Gasteiger partial charge on any atom is 0.307 e. The van der Waals surface area contributed by atoms with Crippen LogP contribution in [-0.2, 0) is 11.3 Å². The minimum atomic E-state index is -0.614. The van der Waals surface area contributed by atoms with Gasteiger partial charge in [-0.1, -0.05) is 37.3 Å². The molecule has 2 fully saturated rings. The zero-order valence-corrected chi connectivity index (χ0v) is 12.9. The topological polar surface area (TPSA) is 37.3 Å². The van der Waals surface area contributed by atoms with Gasteiger partial charge in [-0.05, 0) is 25.7 Å². The van der Waals surface area contributed by atoms with E-state index in [-0.39, 0.29) is 11.3 Å². The summed E-state index contributed by atoms with van der Waals surface area (Å²) in [6.07, 6.45) is 4.53. The average molecular weight is 288 g/mol. The van der Waals surface area contributed by atoms with Crippen molar-refractivity contribution in [2.24, 2.45) is 11.3 Å². The van der Waals surface area contributed by atoms with Crippen LogP contribution < -0.4 is 0 Å². The Kier molecular flexibility index (Phi) is 3.78. The van der Waals surface area contributed by atoms with E-state index in [0.29, 0.717) is 0 Å². The van der Waals surface area contributed by atoms with Crippen molar-refractivity contribution in [1.29, 1.82) is 0 Å². The summed E-state index contributed by atoms with van der Waals surface area (Å²) in [5, 5.41) is 9.51. The van der Waals surface area contributed by atoms with E-state index in [1.807, 2.05) is 6.92 Å². The Balaban J connectivity index is 1.84. The van der Waals surface area contributed by atoms with Gasteiger partial charge in [-0.2, -0.15) is 0 Å². The Hall–Kier alpha value is -1.35. The fraction of sp³-hybridized carbons (Fsp3) is 0.611. The van der Waals surface area contributed by atoms with E-state index in [9.17, 15) is 9.90 Å². The zero-order chi connectivity index (χ0) is 14.9. The first-order valence-corrected chi connectivity index (χ1v) is 8.17. The number of carboxylic acid groups (broad SMARTS) is 1. The summed E-state index contributed by atoms with van der Waals surface area (Å²) in [5.41, 5.74) is 1.41. The molecule has 0 saturated carbocycles. The number of quaternary nitrogens is 1. The maximum absolute atomic E-state index is 11.5. The summed E-state index contributed by atoms with van der Waals surface area (Å²) in [5.74, 6) is -0.831. The van der Waals surface area contributed by atoms with Gasteiger partial charge in [0.2, 0.25) is 0 Å². The first-order chi connectivity index (χ1) is 10.1. The second-order valence-corrected chi connectivity index (χ2v) is 7.22. The molecular weight excluding hydrogens is 262 g/mol. The van der Waals surface area contributed by atoms with Crippen LogP contribution in [0.5, 0.6) is 0 Å². The molecule has 1 aromatic carbocycles. The molecule has 2 aliphatic heterocycles. The summed E-state index contributed by atoms with van der Waals surface area (Å²) in [4.78, 5) is 11.5. The molecule has 1 atom stereocenters. The number of piperidine rings is 2. The van der Waals surface area contributed by atoms with E-state index < -0.39 is 5.97 Å². The van der Waals surface area contributed by atoms with Crippen LogP contribution in [0.2, 0.25) is 0 Å². The highest BCUT2D eigenvalue weighted by molar-refractivity contribution is 5.70. The Morgan fingerprint density at radius 2 is 1.86 bits per heavy atom. The Morgan fingerprint density at radius 3 is 2.43 bits per heavy atom. The molecule has 1 aromatic rings. The van der Waals surface area contributed by atoms with Crippen molar-refractivity contribution < 1.29 is 14.4 Å². The molecule has 1 unspecified atom stereocenters. The molecule has 0 amide bonds. The molecule has 21 heavy (non-hydrogen) atoms. The van der Waals surface area contributed by atoms with Gasteiger partial charge in [0.05, 0.1) is 25.6 Å². The van der Waals surface area contributed by atoms with Crippen molar-refractivity contribution in [3.8, 4) is 0 Å². The highest BCUT2D eigenvalue weighted by atomic mass is 16.4. The molecule has 3 nitrogen and oxygen atoms in total. The van der Waals surface area contributed by atoms with Gasteiger partial charge >= 0.3 is 5.97 Å². The summed E-state index contributed by atoms with van der Waals surface area (Å²) in [6, 6.07) is 10.7. The van der Waals surface area contributed by atoms with Crippen LogP contribution in [0.15, 0.2) is 30.3 Å². The maximum atomic E-state index is 11.5. The van der Waals surface area contributed by atoms with E-state index in [4.69, 9.17) is 0 Å². The largest absolute Gasteiger partial charge is 0.481 e. The third-order valence-corrected chi connectivity index (χ3v) is 5.91. The molecule has 114 valence electrons. The first kappa shape index (κ1) is 14.6. The minimum Gasteiger partial charge on any atom is -0.481 e. The number of nitrogens with zero attached hydrogens (tertiary/aromatic N) is 1. The van der Waals surface area contributed by atoms with Crippen molar-refractivity contribution in [1.82, 2.24) is 0 Å². The Bertz CT molecular complexity index is 501. The SMILES string of the molecule is CC(C(=O)O)C12CCC[N+](Cc3ccccc3)(CCC1)C2. The van der Waals surface area contributed by atoms with Crippen LogP contribution in [0.25, 0.3) is 0 Å². The third kappa shape index (κ3) is 2.71. The van der Waals surface area contributed by atoms with Crippen molar-refractivity contribution in [2.45, 2.75) is 39.2 Å². The Labute approximate surface area is 127 Å². The van der Waals surface area contributed by atoms with Crippen molar-refractivity contribution in [3.63, 3.8) is 0 Å². The summed E-state index contributed by atoms with van der Waals surface area (Å²) >= 11 is 0. The number of aliphatic carboxylic acids is 1. The molecule has 0 radical (unpaired) electrons. The van der Waals surface area contributed by atoms with E-state index in [2.05, 4.69) is 30.3 Å². The van der Waals surface area contributed by atoms with Gasteiger partial charge in [-0.25, -0.2) is 0 Å². The van der Waals surface area contributed by atoms with Crippen LogP contribution >= 0.6 is 0 Å². The number of hydrogen-bond acceptors (Lipinski definition) is 1. The molecule has 2 saturated heterocycles. The summed E-state index contributed by atoms with van der Waals surface area (Å²) < 4.78 is 1.10. The predicted octanol–water partition coefficient (Wildman–Crippen LogP) is 3.30. The molecule has 2 aliphatic rings. The van der Waals surface area contributed by atoms with E-state index in [1.165, 1.54) is 31.5 Å². The Morgan fingerprint density at radius 1 is 1.24 bits per heavy atom. The fourth-order valence-electron chi connectivity index (χ4n) is 4.77. The smallest absolute Gasteiger partial charge is 0.307 e. The number of fused-ring (bicyclic) bond motifs is 2. The lowest BCUT2D eigenvalue weighted by Gasteiger charge is -2.55. The van der Waals surface area contributed by atoms with Crippen LogP contribution in [0.4, 0.5) is 0 Å². The molecule has 0 spiro atoms. The number of carbonyl (C=O) groups is 1. The van der Waals surface area contributed by atoms with Crippen molar-refractivity contribution >= 4 is 5.97 Å². The molecule has 0 aromatic heterocycles. The van der Waals surface area contributed by atoms with Crippen LogP contribution in [-0.4, -0.2) is 35.2 Å². The van der Waals surface area contributed by atoms with Gasteiger partial charge < -0.3 is 9.59 Å². The lowest BCUT2D eigenvalue weighted by Crippen LogP contribution is -2.63. The lowest BCUT2D eigenvalue weighted by atomic mass is 9.65.